The van der Waals surface area contributed by atoms with Gasteiger partial charge in [-0.3, -0.25) is 4.79 Å². The van der Waals surface area contributed by atoms with Gasteiger partial charge in [0.1, 0.15) is 0 Å². The Morgan fingerprint density at radius 2 is 1.64 bits per heavy atom. The molecule has 0 aromatic rings. The van der Waals surface area contributed by atoms with Crippen molar-refractivity contribution < 1.29 is 14.3 Å². The van der Waals surface area contributed by atoms with Crippen molar-refractivity contribution in [1.82, 2.24) is 0 Å². The predicted molar refractivity (Wildman–Crippen MR) is 86.4 cm³/mol. The van der Waals surface area contributed by atoms with Crippen LogP contribution < -0.4 is 0 Å². The number of carbonyl (C=O) groups excluding carboxylic acids is 1. The Morgan fingerprint density at radius 3 is 2.23 bits per heavy atom. The molecule has 122 valence electrons. The van der Waals surface area contributed by atoms with Gasteiger partial charge in [0.25, 0.3) is 0 Å². The number of Topliss-reactive ketones (excluding diaryl/α,β-unsaturated/α-hetero) is 1. The van der Waals surface area contributed by atoms with Crippen LogP contribution in [0.3, 0.4) is 0 Å². The van der Waals surface area contributed by atoms with Gasteiger partial charge in [-0.25, -0.2) is 0 Å². The van der Waals surface area contributed by atoms with Gasteiger partial charge in [-0.2, -0.15) is 0 Å². The van der Waals surface area contributed by atoms with Gasteiger partial charge in [-0.15, -0.1) is 0 Å². The lowest BCUT2D eigenvalue weighted by atomic mass is 9.49. The lowest BCUT2D eigenvalue weighted by Crippen LogP contribution is -2.66. The first-order chi connectivity index (χ1) is 10.1. The fourth-order valence-electron chi connectivity index (χ4n) is 4.32. The molecule has 1 spiro atoms. The van der Waals surface area contributed by atoms with Crippen LogP contribution >= 0.6 is 0 Å². The molecule has 1 saturated heterocycles. The molecular weight excluding hydrogens is 276 g/mol. The zero-order chi connectivity index (χ0) is 16.4. The summed E-state index contributed by atoms with van der Waals surface area (Å²) in [6.45, 7) is 13.9. The maximum atomic E-state index is 13.0. The van der Waals surface area contributed by atoms with E-state index < -0.39 is 11.2 Å². The summed E-state index contributed by atoms with van der Waals surface area (Å²) in [6, 6.07) is 0. The van der Waals surface area contributed by atoms with E-state index in [-0.39, 0.29) is 16.6 Å². The summed E-state index contributed by atoms with van der Waals surface area (Å²) in [6.07, 6.45) is 5.79. The molecule has 0 aromatic carbocycles. The van der Waals surface area contributed by atoms with E-state index >= 15 is 0 Å². The fraction of sp³-hybridized carbons (Fsp3) is 0.737. The van der Waals surface area contributed by atoms with Gasteiger partial charge in [0.05, 0.1) is 13.2 Å². The van der Waals surface area contributed by atoms with Crippen molar-refractivity contribution in [2.75, 3.05) is 13.2 Å². The average Bonchev–Trinajstić information content (AvgIpc) is 2.43. The Hall–Kier alpha value is -0.930. The van der Waals surface area contributed by atoms with Crippen LogP contribution in [0.25, 0.3) is 0 Å². The number of ketones is 1. The smallest absolute Gasteiger partial charge is 0.195 e. The molecule has 2 atom stereocenters. The highest BCUT2D eigenvalue weighted by Gasteiger charge is 2.66. The Labute approximate surface area is 133 Å². The summed E-state index contributed by atoms with van der Waals surface area (Å²) in [5.74, 6) is -0.544. The fourth-order valence-corrected chi connectivity index (χ4v) is 4.32. The molecule has 1 fully saturated rings. The standard InChI is InChI=1S/C19H28O3/c1-13-7-8-18(6)17(5,9-13)15(20)14(2)10-19(18)21-11-16(3,4)12-22-19/h7,10H,8-9,11-12H2,1-6H3/t17-,18-/m1/s1. The zero-order valence-electron chi connectivity index (χ0n) is 14.7. The Kier molecular flexibility index (Phi) is 3.29. The van der Waals surface area contributed by atoms with Gasteiger partial charge in [-0.1, -0.05) is 39.3 Å². The summed E-state index contributed by atoms with van der Waals surface area (Å²) >= 11 is 0. The van der Waals surface area contributed by atoms with E-state index in [0.29, 0.717) is 13.2 Å². The predicted octanol–water partition coefficient (Wildman–Crippen LogP) is 4.04. The van der Waals surface area contributed by atoms with Crippen LogP contribution in [0.15, 0.2) is 23.3 Å². The third-order valence-electron chi connectivity index (χ3n) is 6.10. The number of hydrogen-bond donors (Lipinski definition) is 0. The highest BCUT2D eigenvalue weighted by molar-refractivity contribution is 6.01. The van der Waals surface area contributed by atoms with Crippen LogP contribution in [-0.4, -0.2) is 24.8 Å². The first-order valence-corrected chi connectivity index (χ1v) is 8.23. The maximum absolute atomic E-state index is 13.0. The maximum Gasteiger partial charge on any atom is 0.195 e. The van der Waals surface area contributed by atoms with Crippen molar-refractivity contribution in [2.45, 2.75) is 60.2 Å². The molecule has 0 N–H and O–H groups in total. The van der Waals surface area contributed by atoms with Crippen molar-refractivity contribution in [1.29, 1.82) is 0 Å². The van der Waals surface area contributed by atoms with Gasteiger partial charge in [0.2, 0.25) is 0 Å². The number of allylic oxidation sites excluding steroid dienone is 3. The highest BCUT2D eigenvalue weighted by Crippen LogP contribution is 2.62. The van der Waals surface area contributed by atoms with Crippen molar-refractivity contribution in [2.24, 2.45) is 16.2 Å². The molecule has 1 aliphatic heterocycles. The Bertz CT molecular complexity index is 573. The third kappa shape index (κ3) is 1.91. The second kappa shape index (κ2) is 4.55. The van der Waals surface area contributed by atoms with Crippen molar-refractivity contribution in [3.63, 3.8) is 0 Å². The van der Waals surface area contributed by atoms with Gasteiger partial charge >= 0.3 is 0 Å². The first kappa shape index (κ1) is 15.9. The monoisotopic (exact) mass is 304 g/mol. The Balaban J connectivity index is 2.13. The lowest BCUT2D eigenvalue weighted by Gasteiger charge is -2.61. The molecule has 0 saturated carbocycles. The summed E-state index contributed by atoms with van der Waals surface area (Å²) in [4.78, 5) is 13.0. The molecule has 1 heterocycles. The average molecular weight is 304 g/mol. The second-order valence-electron chi connectivity index (χ2n) is 8.66. The molecule has 3 nitrogen and oxygen atoms in total. The molecule has 3 aliphatic rings. The van der Waals surface area contributed by atoms with Gasteiger partial charge in [-0.05, 0) is 38.3 Å². The molecule has 0 amide bonds. The van der Waals surface area contributed by atoms with Crippen LogP contribution in [0.2, 0.25) is 0 Å². The molecule has 0 aromatic heterocycles. The van der Waals surface area contributed by atoms with Gasteiger partial charge < -0.3 is 9.47 Å². The van der Waals surface area contributed by atoms with Crippen LogP contribution in [0.1, 0.15) is 54.4 Å². The molecule has 0 radical (unpaired) electrons. The van der Waals surface area contributed by atoms with E-state index in [2.05, 4.69) is 40.7 Å². The third-order valence-corrected chi connectivity index (χ3v) is 6.10. The molecule has 3 rings (SSSR count). The molecule has 0 bridgehead atoms. The minimum absolute atomic E-state index is 0.0155. The van der Waals surface area contributed by atoms with E-state index in [1.54, 1.807) is 0 Å². The molecule has 22 heavy (non-hydrogen) atoms. The molecule has 3 heteroatoms. The highest BCUT2D eigenvalue weighted by atomic mass is 16.7. The number of carbonyl (C=O) groups is 1. The molecular formula is C19H28O3. The minimum Gasteiger partial charge on any atom is -0.345 e. The van der Waals surface area contributed by atoms with Crippen LogP contribution in [0, 0.1) is 16.2 Å². The number of hydrogen-bond acceptors (Lipinski definition) is 3. The van der Waals surface area contributed by atoms with Crippen molar-refractivity contribution in [3.8, 4) is 0 Å². The summed E-state index contributed by atoms with van der Waals surface area (Å²) < 4.78 is 12.7. The summed E-state index contributed by atoms with van der Waals surface area (Å²) in [5, 5.41) is 0. The largest absolute Gasteiger partial charge is 0.345 e. The topological polar surface area (TPSA) is 35.5 Å². The van der Waals surface area contributed by atoms with Crippen LogP contribution in [0.5, 0.6) is 0 Å². The Morgan fingerprint density at radius 1 is 1.05 bits per heavy atom. The van der Waals surface area contributed by atoms with E-state index in [0.717, 1.165) is 18.4 Å². The van der Waals surface area contributed by atoms with Crippen molar-refractivity contribution in [3.05, 3.63) is 23.3 Å². The zero-order valence-corrected chi connectivity index (χ0v) is 14.7. The van der Waals surface area contributed by atoms with E-state index in [9.17, 15) is 4.79 Å². The van der Waals surface area contributed by atoms with Crippen LogP contribution in [-0.2, 0) is 14.3 Å². The summed E-state index contributed by atoms with van der Waals surface area (Å²) in [7, 11) is 0. The normalized spacial score (nSPS) is 40.0. The SMILES string of the molecule is CC1=CC[C@@]2(C)C3(C=C(C)C(=O)[C@@]2(C)C1)OCC(C)(C)CO3. The van der Waals surface area contributed by atoms with E-state index in [4.69, 9.17) is 9.47 Å². The number of ether oxygens (including phenoxy) is 2. The van der Waals surface area contributed by atoms with Gasteiger partial charge in [0, 0.05) is 16.2 Å². The molecule has 0 unspecified atom stereocenters. The van der Waals surface area contributed by atoms with Crippen LogP contribution in [0.4, 0.5) is 0 Å². The summed E-state index contributed by atoms with van der Waals surface area (Å²) in [5.41, 5.74) is 1.24. The second-order valence-corrected chi connectivity index (χ2v) is 8.66. The quantitative estimate of drug-likeness (QED) is 0.634. The van der Waals surface area contributed by atoms with E-state index in [1.807, 2.05) is 13.0 Å². The van der Waals surface area contributed by atoms with Crippen molar-refractivity contribution >= 4 is 5.78 Å². The lowest BCUT2D eigenvalue weighted by molar-refractivity contribution is -0.338. The minimum atomic E-state index is -0.785. The van der Waals surface area contributed by atoms with E-state index in [1.165, 1.54) is 5.57 Å². The number of rotatable bonds is 0. The number of fused-ring (bicyclic) bond motifs is 2. The first-order valence-electron chi connectivity index (χ1n) is 8.23. The van der Waals surface area contributed by atoms with Gasteiger partial charge in [0.15, 0.2) is 11.6 Å². The molecule has 2 aliphatic carbocycles.